The lowest BCUT2D eigenvalue weighted by Gasteiger charge is -2.32. The third-order valence-corrected chi connectivity index (χ3v) is 5.65. The molecule has 2 heterocycles. The molecular weight excluding hydrogens is 442 g/mol. The SMILES string of the molecule is COc1ccc2oc(C(=O)N3CCOC(COc4c(C(C)=O)ccc(OC)c4OC)C3)cc2c1. The quantitative estimate of drug-likeness (QED) is 0.462. The first-order chi connectivity index (χ1) is 16.4. The first-order valence-electron chi connectivity index (χ1n) is 10.8. The lowest BCUT2D eigenvalue weighted by Crippen LogP contribution is -2.47. The minimum absolute atomic E-state index is 0.116. The van der Waals surface area contributed by atoms with E-state index in [4.69, 9.17) is 28.1 Å². The molecule has 1 fully saturated rings. The third kappa shape index (κ3) is 4.65. The van der Waals surface area contributed by atoms with Crippen LogP contribution >= 0.6 is 0 Å². The van der Waals surface area contributed by atoms with Crippen molar-refractivity contribution in [2.75, 3.05) is 47.6 Å². The number of ether oxygens (including phenoxy) is 5. The molecule has 0 saturated carbocycles. The minimum atomic E-state index is -0.405. The molecule has 1 atom stereocenters. The van der Waals surface area contributed by atoms with Gasteiger partial charge in [-0.15, -0.1) is 0 Å². The largest absolute Gasteiger partial charge is 0.497 e. The Labute approximate surface area is 197 Å². The Hall–Kier alpha value is -3.72. The Bertz CT molecular complexity index is 1200. The predicted octanol–water partition coefficient (Wildman–Crippen LogP) is 3.58. The molecule has 2 aromatic carbocycles. The number of ketones is 1. The van der Waals surface area contributed by atoms with Crippen LogP contribution in [0.15, 0.2) is 40.8 Å². The van der Waals surface area contributed by atoms with Gasteiger partial charge in [-0.2, -0.15) is 0 Å². The fourth-order valence-corrected chi connectivity index (χ4v) is 3.91. The molecule has 0 N–H and O–H groups in total. The molecule has 1 aromatic heterocycles. The lowest BCUT2D eigenvalue weighted by atomic mass is 10.1. The van der Waals surface area contributed by atoms with E-state index in [-0.39, 0.29) is 29.8 Å². The lowest BCUT2D eigenvalue weighted by molar-refractivity contribution is -0.0411. The van der Waals surface area contributed by atoms with Gasteiger partial charge in [-0.05, 0) is 43.3 Å². The number of hydrogen-bond donors (Lipinski definition) is 0. The Morgan fingerprint density at radius 2 is 1.85 bits per heavy atom. The summed E-state index contributed by atoms with van der Waals surface area (Å²) in [6, 6.07) is 10.4. The zero-order valence-electron chi connectivity index (χ0n) is 19.6. The van der Waals surface area contributed by atoms with Crippen LogP contribution in [0.2, 0.25) is 0 Å². The van der Waals surface area contributed by atoms with Gasteiger partial charge in [0.25, 0.3) is 5.91 Å². The molecule has 9 nitrogen and oxygen atoms in total. The van der Waals surface area contributed by atoms with E-state index in [9.17, 15) is 9.59 Å². The maximum Gasteiger partial charge on any atom is 0.289 e. The number of morpholine rings is 1. The van der Waals surface area contributed by atoms with Crippen LogP contribution in [0.1, 0.15) is 27.8 Å². The molecule has 4 rings (SSSR count). The highest BCUT2D eigenvalue weighted by Crippen LogP contribution is 2.40. The number of rotatable bonds is 8. The number of fused-ring (bicyclic) bond motifs is 1. The normalized spacial score (nSPS) is 15.8. The van der Waals surface area contributed by atoms with Crippen LogP contribution in [0, 0.1) is 0 Å². The molecule has 1 amide bonds. The van der Waals surface area contributed by atoms with Gasteiger partial charge in [0.05, 0.1) is 40.0 Å². The van der Waals surface area contributed by atoms with Gasteiger partial charge in [0.1, 0.15) is 24.0 Å². The first-order valence-corrected chi connectivity index (χ1v) is 10.8. The highest BCUT2D eigenvalue weighted by Gasteiger charge is 2.29. The van der Waals surface area contributed by atoms with Crippen LogP contribution in [0.25, 0.3) is 11.0 Å². The Balaban J connectivity index is 1.48. The van der Waals surface area contributed by atoms with Crippen molar-refractivity contribution >= 4 is 22.7 Å². The smallest absolute Gasteiger partial charge is 0.289 e. The Morgan fingerprint density at radius 3 is 2.56 bits per heavy atom. The van der Waals surface area contributed by atoms with E-state index in [1.165, 1.54) is 21.1 Å². The zero-order valence-corrected chi connectivity index (χ0v) is 19.6. The number of Topliss-reactive ketones (excluding diaryl/α,β-unsaturated/α-hetero) is 1. The molecule has 0 spiro atoms. The summed E-state index contributed by atoms with van der Waals surface area (Å²) in [5, 5.41) is 0.790. The van der Waals surface area contributed by atoms with Crippen LogP contribution in [0.4, 0.5) is 0 Å². The van der Waals surface area contributed by atoms with E-state index >= 15 is 0 Å². The zero-order chi connectivity index (χ0) is 24.2. The summed E-state index contributed by atoms with van der Waals surface area (Å²) in [5.41, 5.74) is 0.985. The second kappa shape index (κ2) is 10.0. The summed E-state index contributed by atoms with van der Waals surface area (Å²) in [6.07, 6.45) is -0.405. The molecule has 0 radical (unpaired) electrons. The number of nitrogens with zero attached hydrogens (tertiary/aromatic N) is 1. The molecule has 34 heavy (non-hydrogen) atoms. The van der Waals surface area contributed by atoms with Crippen LogP contribution in [-0.2, 0) is 4.74 Å². The van der Waals surface area contributed by atoms with Crippen molar-refractivity contribution in [3.8, 4) is 23.0 Å². The van der Waals surface area contributed by atoms with Gasteiger partial charge in [0.15, 0.2) is 23.0 Å². The van der Waals surface area contributed by atoms with Crippen molar-refractivity contribution in [2.45, 2.75) is 13.0 Å². The predicted molar refractivity (Wildman–Crippen MR) is 123 cm³/mol. The van der Waals surface area contributed by atoms with E-state index in [0.717, 1.165) is 5.39 Å². The fourth-order valence-electron chi connectivity index (χ4n) is 3.91. The minimum Gasteiger partial charge on any atom is -0.497 e. The first kappa shape index (κ1) is 23.4. The van der Waals surface area contributed by atoms with Crippen molar-refractivity contribution in [3.63, 3.8) is 0 Å². The molecular formula is C25H27NO8. The maximum absolute atomic E-state index is 13.1. The molecule has 1 aliphatic heterocycles. The number of hydrogen-bond acceptors (Lipinski definition) is 8. The van der Waals surface area contributed by atoms with E-state index in [0.29, 0.717) is 48.1 Å². The number of amides is 1. The summed E-state index contributed by atoms with van der Waals surface area (Å²) >= 11 is 0. The molecule has 1 aliphatic rings. The summed E-state index contributed by atoms with van der Waals surface area (Å²) in [6.45, 7) is 2.65. The molecule has 1 saturated heterocycles. The molecule has 3 aromatic rings. The van der Waals surface area contributed by atoms with Crippen molar-refractivity contribution in [1.82, 2.24) is 4.90 Å². The van der Waals surface area contributed by atoms with Crippen molar-refractivity contribution in [1.29, 1.82) is 0 Å². The van der Waals surface area contributed by atoms with Crippen molar-refractivity contribution < 1.29 is 37.7 Å². The van der Waals surface area contributed by atoms with Crippen molar-refractivity contribution in [3.05, 3.63) is 47.7 Å². The molecule has 180 valence electrons. The van der Waals surface area contributed by atoms with Gasteiger partial charge in [-0.1, -0.05) is 0 Å². The van der Waals surface area contributed by atoms with Crippen LogP contribution in [0.5, 0.6) is 23.0 Å². The highest BCUT2D eigenvalue weighted by atomic mass is 16.6. The van der Waals surface area contributed by atoms with Gasteiger partial charge >= 0.3 is 0 Å². The van der Waals surface area contributed by atoms with Crippen molar-refractivity contribution in [2.24, 2.45) is 0 Å². The highest BCUT2D eigenvalue weighted by molar-refractivity contribution is 5.98. The fraction of sp³-hybridized carbons (Fsp3) is 0.360. The third-order valence-electron chi connectivity index (χ3n) is 5.65. The van der Waals surface area contributed by atoms with Crippen LogP contribution in [0.3, 0.4) is 0 Å². The van der Waals surface area contributed by atoms with Crippen LogP contribution in [-0.4, -0.2) is 70.3 Å². The Morgan fingerprint density at radius 1 is 1.03 bits per heavy atom. The number of benzene rings is 2. The monoisotopic (exact) mass is 469 g/mol. The van der Waals surface area contributed by atoms with E-state index in [1.54, 1.807) is 42.3 Å². The number of carbonyl (C=O) groups excluding carboxylic acids is 2. The second-order valence-electron chi connectivity index (χ2n) is 7.80. The average molecular weight is 469 g/mol. The van der Waals surface area contributed by atoms with E-state index < -0.39 is 6.10 Å². The van der Waals surface area contributed by atoms with E-state index in [2.05, 4.69) is 0 Å². The maximum atomic E-state index is 13.1. The number of carbonyl (C=O) groups is 2. The number of methoxy groups -OCH3 is 3. The summed E-state index contributed by atoms with van der Waals surface area (Å²) in [5.74, 6) is 1.60. The summed E-state index contributed by atoms with van der Waals surface area (Å²) < 4.78 is 33.5. The van der Waals surface area contributed by atoms with Gasteiger partial charge in [0, 0.05) is 11.9 Å². The Kier molecular flexibility index (Phi) is 6.93. The summed E-state index contributed by atoms with van der Waals surface area (Å²) in [4.78, 5) is 26.9. The molecule has 9 heteroatoms. The average Bonchev–Trinajstić information content (AvgIpc) is 3.29. The topological polar surface area (TPSA) is 96.7 Å². The summed E-state index contributed by atoms with van der Waals surface area (Å²) in [7, 11) is 4.58. The van der Waals surface area contributed by atoms with Gasteiger partial charge in [-0.25, -0.2) is 0 Å². The standard InChI is InChI=1S/C25H27NO8/c1-15(27)19-6-8-21(30-3)24(31-4)23(19)33-14-18-13-26(9-10-32-18)25(28)22-12-16-11-17(29-2)5-7-20(16)34-22/h5-8,11-12,18H,9-10,13-14H2,1-4H3. The molecule has 0 bridgehead atoms. The van der Waals surface area contributed by atoms with E-state index in [1.807, 2.05) is 6.07 Å². The number of furan rings is 1. The van der Waals surface area contributed by atoms with Gasteiger partial charge in [-0.3, -0.25) is 9.59 Å². The van der Waals surface area contributed by atoms with Crippen LogP contribution < -0.4 is 18.9 Å². The van der Waals surface area contributed by atoms with Gasteiger partial charge < -0.3 is 33.0 Å². The van der Waals surface area contributed by atoms with Gasteiger partial charge in [0.2, 0.25) is 5.75 Å². The second-order valence-corrected chi connectivity index (χ2v) is 7.80. The molecule has 0 aliphatic carbocycles. The molecule has 1 unspecified atom stereocenters.